The highest BCUT2D eigenvalue weighted by Gasteiger charge is 2.19. The second-order valence-electron chi connectivity index (χ2n) is 4.28. The van der Waals surface area contributed by atoms with E-state index in [0.717, 1.165) is 22.8 Å². The van der Waals surface area contributed by atoms with Crippen molar-refractivity contribution in [1.29, 1.82) is 0 Å². The van der Waals surface area contributed by atoms with Crippen LogP contribution in [-0.4, -0.2) is 9.55 Å². The lowest BCUT2D eigenvalue weighted by atomic mass is 10.2. The van der Waals surface area contributed by atoms with Gasteiger partial charge in [-0.05, 0) is 34.1 Å². The molecule has 0 unspecified atom stereocenters. The number of nitrogen functional groups attached to an aromatic ring is 1. The van der Waals surface area contributed by atoms with Crippen LogP contribution in [0.2, 0.25) is 0 Å². The lowest BCUT2D eigenvalue weighted by Crippen LogP contribution is -2.06. The van der Waals surface area contributed by atoms with Gasteiger partial charge in [-0.15, -0.1) is 0 Å². The van der Waals surface area contributed by atoms with Gasteiger partial charge in [0.25, 0.3) is 0 Å². The van der Waals surface area contributed by atoms with Gasteiger partial charge in [-0.1, -0.05) is 15.9 Å². The van der Waals surface area contributed by atoms with Gasteiger partial charge in [0.1, 0.15) is 11.5 Å². The van der Waals surface area contributed by atoms with Crippen LogP contribution in [-0.2, 0) is 0 Å². The molecule has 2 aromatic carbocycles. The van der Waals surface area contributed by atoms with E-state index in [1.165, 1.54) is 6.07 Å². The summed E-state index contributed by atoms with van der Waals surface area (Å²) in [6.45, 7) is 0. The summed E-state index contributed by atoms with van der Waals surface area (Å²) in [4.78, 5) is 3.93. The number of hydrogen-bond acceptors (Lipinski definition) is 2. The van der Waals surface area contributed by atoms with Crippen molar-refractivity contribution in [2.45, 2.75) is 0 Å². The number of fused-ring (bicyclic) bond motifs is 1. The van der Waals surface area contributed by atoms with Gasteiger partial charge in [-0.3, -0.25) is 4.57 Å². The molecule has 0 spiro atoms. The molecule has 108 valence electrons. The molecule has 1 aromatic heterocycles. The van der Waals surface area contributed by atoms with Crippen LogP contribution in [0.15, 0.2) is 33.2 Å². The molecule has 3 rings (SSSR count). The molecule has 0 aliphatic rings. The molecule has 0 aliphatic heterocycles. The Labute approximate surface area is 133 Å². The first-order chi connectivity index (χ1) is 9.88. The molecule has 0 bridgehead atoms. The summed E-state index contributed by atoms with van der Waals surface area (Å²) in [5.74, 6) is -2.30. The van der Waals surface area contributed by atoms with Crippen LogP contribution in [0.25, 0.3) is 16.7 Å². The SMILES string of the molecule is Nc1nc2cc(F)c(Br)cc2n1-c1c(F)cc(Br)cc1F. The lowest BCUT2D eigenvalue weighted by molar-refractivity contribution is 0.570. The number of anilines is 1. The van der Waals surface area contributed by atoms with Crippen molar-refractivity contribution in [3.05, 3.63) is 50.7 Å². The van der Waals surface area contributed by atoms with E-state index >= 15 is 0 Å². The Balaban J connectivity index is 2.41. The summed E-state index contributed by atoms with van der Waals surface area (Å²) in [5, 5.41) is 0. The van der Waals surface area contributed by atoms with Gasteiger partial charge in [0.05, 0.1) is 15.5 Å². The number of halogens is 5. The van der Waals surface area contributed by atoms with E-state index in [0.29, 0.717) is 5.52 Å². The lowest BCUT2D eigenvalue weighted by Gasteiger charge is -2.10. The highest BCUT2D eigenvalue weighted by molar-refractivity contribution is 9.10. The summed E-state index contributed by atoms with van der Waals surface area (Å²) >= 11 is 6.04. The summed E-state index contributed by atoms with van der Waals surface area (Å²) < 4.78 is 43.2. The largest absolute Gasteiger partial charge is 0.369 e. The van der Waals surface area contributed by atoms with Crippen LogP contribution < -0.4 is 5.73 Å². The first-order valence-electron chi connectivity index (χ1n) is 5.66. The second kappa shape index (κ2) is 5.03. The molecular formula is C13H6Br2F3N3. The predicted octanol–water partition coefficient (Wildman–Crippen LogP) is 4.55. The molecule has 0 amide bonds. The monoisotopic (exact) mass is 419 g/mol. The molecular weight excluding hydrogens is 415 g/mol. The fourth-order valence-corrected chi connectivity index (χ4v) is 2.81. The second-order valence-corrected chi connectivity index (χ2v) is 6.05. The third kappa shape index (κ3) is 2.32. The zero-order valence-electron chi connectivity index (χ0n) is 10.2. The molecule has 3 aromatic rings. The highest BCUT2D eigenvalue weighted by atomic mass is 79.9. The van der Waals surface area contributed by atoms with E-state index < -0.39 is 17.5 Å². The summed E-state index contributed by atoms with van der Waals surface area (Å²) in [5.41, 5.74) is 5.86. The van der Waals surface area contributed by atoms with Crippen molar-refractivity contribution < 1.29 is 13.2 Å². The van der Waals surface area contributed by atoms with Gasteiger partial charge >= 0.3 is 0 Å². The van der Waals surface area contributed by atoms with Crippen LogP contribution in [0, 0.1) is 17.5 Å². The molecule has 0 saturated heterocycles. The van der Waals surface area contributed by atoms with Crippen molar-refractivity contribution in [2.75, 3.05) is 5.73 Å². The van der Waals surface area contributed by atoms with Gasteiger partial charge in [-0.25, -0.2) is 18.2 Å². The van der Waals surface area contributed by atoms with Crippen molar-refractivity contribution in [2.24, 2.45) is 0 Å². The normalized spacial score (nSPS) is 11.3. The van der Waals surface area contributed by atoms with Crippen LogP contribution in [0.4, 0.5) is 19.1 Å². The van der Waals surface area contributed by atoms with Gasteiger partial charge in [0.15, 0.2) is 11.6 Å². The molecule has 0 aliphatic carbocycles. The highest BCUT2D eigenvalue weighted by Crippen LogP contribution is 2.31. The van der Waals surface area contributed by atoms with E-state index in [1.54, 1.807) is 0 Å². The van der Waals surface area contributed by atoms with E-state index in [1.807, 2.05) is 0 Å². The Morgan fingerprint density at radius 1 is 0.952 bits per heavy atom. The fourth-order valence-electron chi connectivity index (χ4n) is 2.07. The minimum absolute atomic E-state index is 0.136. The maximum absolute atomic E-state index is 14.1. The number of nitrogens with two attached hydrogens (primary N) is 1. The van der Waals surface area contributed by atoms with E-state index in [-0.39, 0.29) is 26.1 Å². The quantitative estimate of drug-likeness (QED) is 0.627. The minimum atomic E-state index is -0.812. The van der Waals surface area contributed by atoms with E-state index in [9.17, 15) is 13.2 Å². The Kier molecular flexibility index (Phi) is 3.45. The molecule has 2 N–H and O–H groups in total. The van der Waals surface area contributed by atoms with Crippen LogP contribution in [0.3, 0.4) is 0 Å². The maximum atomic E-state index is 14.1. The van der Waals surface area contributed by atoms with Gasteiger partial charge < -0.3 is 5.73 Å². The molecule has 0 radical (unpaired) electrons. The number of rotatable bonds is 1. The topological polar surface area (TPSA) is 43.8 Å². The first-order valence-corrected chi connectivity index (χ1v) is 7.25. The van der Waals surface area contributed by atoms with Crippen molar-refractivity contribution in [3.8, 4) is 5.69 Å². The smallest absolute Gasteiger partial charge is 0.206 e. The fraction of sp³-hybridized carbons (Fsp3) is 0. The van der Waals surface area contributed by atoms with Crippen molar-refractivity contribution in [3.63, 3.8) is 0 Å². The molecule has 0 fully saturated rings. The summed E-state index contributed by atoms with van der Waals surface area (Å²) in [6, 6.07) is 4.74. The Morgan fingerprint density at radius 2 is 1.57 bits per heavy atom. The molecule has 0 atom stereocenters. The Hall–Kier alpha value is -1.54. The number of nitrogens with zero attached hydrogens (tertiary/aromatic N) is 2. The molecule has 1 heterocycles. The number of hydrogen-bond donors (Lipinski definition) is 1. The zero-order chi connectivity index (χ0) is 15.3. The van der Waals surface area contributed by atoms with Crippen LogP contribution >= 0.6 is 31.9 Å². The zero-order valence-corrected chi connectivity index (χ0v) is 13.3. The van der Waals surface area contributed by atoms with Crippen molar-refractivity contribution in [1.82, 2.24) is 9.55 Å². The Bertz CT molecular complexity index is 854. The van der Waals surface area contributed by atoms with Gasteiger partial charge in [0, 0.05) is 10.5 Å². The molecule has 8 heteroatoms. The molecule has 0 saturated carbocycles. The maximum Gasteiger partial charge on any atom is 0.206 e. The standard InChI is InChI=1S/C13H6Br2F3N3/c14-5-1-8(17)12(9(18)2-5)21-11-3-6(15)7(16)4-10(11)20-13(21)19/h1-4H,(H2,19,20). The predicted molar refractivity (Wildman–Crippen MR) is 80.8 cm³/mol. The number of aromatic nitrogens is 2. The average molecular weight is 421 g/mol. The average Bonchev–Trinajstić information content (AvgIpc) is 2.66. The third-order valence-electron chi connectivity index (χ3n) is 2.93. The van der Waals surface area contributed by atoms with Crippen LogP contribution in [0.5, 0.6) is 0 Å². The first kappa shape index (κ1) is 14.4. The van der Waals surface area contributed by atoms with Gasteiger partial charge in [0.2, 0.25) is 5.95 Å². The van der Waals surface area contributed by atoms with E-state index in [2.05, 4.69) is 36.8 Å². The van der Waals surface area contributed by atoms with Crippen molar-refractivity contribution >= 4 is 48.8 Å². The minimum Gasteiger partial charge on any atom is -0.369 e. The van der Waals surface area contributed by atoms with E-state index in [4.69, 9.17) is 5.73 Å². The number of imidazole rings is 1. The Morgan fingerprint density at radius 3 is 2.19 bits per heavy atom. The summed E-state index contributed by atoms with van der Waals surface area (Å²) in [6.07, 6.45) is 0. The number of benzene rings is 2. The molecule has 21 heavy (non-hydrogen) atoms. The van der Waals surface area contributed by atoms with Gasteiger partial charge in [-0.2, -0.15) is 0 Å². The van der Waals surface area contributed by atoms with Crippen LogP contribution in [0.1, 0.15) is 0 Å². The third-order valence-corrected chi connectivity index (χ3v) is 3.99. The molecule has 3 nitrogen and oxygen atoms in total. The summed E-state index contributed by atoms with van der Waals surface area (Å²) in [7, 11) is 0.